The van der Waals surface area contributed by atoms with E-state index in [0.717, 1.165) is 6.07 Å². The first-order chi connectivity index (χ1) is 7.95. The van der Waals surface area contributed by atoms with Crippen molar-refractivity contribution in [1.82, 2.24) is 4.90 Å². The summed E-state index contributed by atoms with van der Waals surface area (Å²) in [6, 6.07) is 3.85. The molecule has 5 heteroatoms. The zero-order valence-electron chi connectivity index (χ0n) is 9.83. The molecule has 92 valence electrons. The van der Waals surface area contributed by atoms with Crippen molar-refractivity contribution in [2.24, 2.45) is 0 Å². The van der Waals surface area contributed by atoms with Gasteiger partial charge in [0.1, 0.15) is 5.82 Å². The Morgan fingerprint density at radius 2 is 2.12 bits per heavy atom. The van der Waals surface area contributed by atoms with Crippen LogP contribution in [-0.2, 0) is 9.53 Å². The van der Waals surface area contributed by atoms with Crippen molar-refractivity contribution < 1.29 is 13.9 Å². The molecule has 0 spiro atoms. The van der Waals surface area contributed by atoms with E-state index in [9.17, 15) is 9.18 Å². The van der Waals surface area contributed by atoms with Gasteiger partial charge in [-0.2, -0.15) is 0 Å². The maximum absolute atomic E-state index is 12.9. The summed E-state index contributed by atoms with van der Waals surface area (Å²) in [6.07, 6.45) is 1.57. The van der Waals surface area contributed by atoms with Crippen molar-refractivity contribution in [2.75, 3.05) is 21.2 Å². The maximum atomic E-state index is 12.9. The van der Waals surface area contributed by atoms with Crippen LogP contribution in [-0.4, -0.2) is 32.1 Å². The number of ether oxygens (including phenoxy) is 1. The van der Waals surface area contributed by atoms with Gasteiger partial charge in [0.05, 0.1) is 17.7 Å². The van der Waals surface area contributed by atoms with Gasteiger partial charge in [0, 0.05) is 25.9 Å². The van der Waals surface area contributed by atoms with Gasteiger partial charge in [-0.1, -0.05) is 11.6 Å². The number of carbonyl (C=O) groups is 1. The number of carbonyl (C=O) groups excluding carboxylic acids is 1. The van der Waals surface area contributed by atoms with E-state index in [4.69, 9.17) is 11.6 Å². The van der Waals surface area contributed by atoms with E-state index in [-0.39, 0.29) is 10.6 Å². The molecule has 0 saturated carbocycles. The third-order valence-corrected chi connectivity index (χ3v) is 2.33. The fourth-order valence-corrected chi connectivity index (χ4v) is 1.58. The molecule has 0 N–H and O–H groups in total. The second-order valence-electron chi connectivity index (χ2n) is 3.62. The van der Waals surface area contributed by atoms with Crippen molar-refractivity contribution in [2.45, 2.75) is 0 Å². The van der Waals surface area contributed by atoms with Crippen LogP contribution >= 0.6 is 11.6 Å². The predicted molar refractivity (Wildman–Crippen MR) is 65.1 cm³/mol. The van der Waals surface area contributed by atoms with E-state index in [0.29, 0.717) is 5.56 Å². The van der Waals surface area contributed by atoms with E-state index in [1.54, 1.807) is 25.2 Å². The number of hydrogen-bond donors (Lipinski definition) is 0. The van der Waals surface area contributed by atoms with E-state index < -0.39 is 11.8 Å². The Morgan fingerprint density at radius 1 is 1.47 bits per heavy atom. The molecule has 0 saturated heterocycles. The third kappa shape index (κ3) is 3.46. The first kappa shape index (κ1) is 13.5. The number of hydrogen-bond acceptors (Lipinski definition) is 3. The first-order valence-electron chi connectivity index (χ1n) is 4.87. The standard InChI is InChI=1S/C12H13ClFNO2/c1-15(2)7-10(12(16)17-3)9-5-4-8(14)6-11(9)13/h4-7H,1-3H3. The van der Waals surface area contributed by atoms with Crippen LogP contribution in [0, 0.1) is 5.82 Å². The Balaban J connectivity index is 3.27. The van der Waals surface area contributed by atoms with E-state index in [1.165, 1.54) is 19.2 Å². The summed E-state index contributed by atoms with van der Waals surface area (Å²) in [5, 5.41) is 0.170. The van der Waals surface area contributed by atoms with Gasteiger partial charge in [-0.3, -0.25) is 0 Å². The molecule has 17 heavy (non-hydrogen) atoms. The van der Waals surface area contributed by atoms with Gasteiger partial charge >= 0.3 is 5.97 Å². The molecule has 0 atom stereocenters. The van der Waals surface area contributed by atoms with Crippen molar-refractivity contribution in [3.05, 3.63) is 40.8 Å². The predicted octanol–water partition coefficient (Wildman–Crippen LogP) is 2.55. The second-order valence-corrected chi connectivity index (χ2v) is 4.03. The van der Waals surface area contributed by atoms with Gasteiger partial charge in [0.25, 0.3) is 0 Å². The molecule has 0 bridgehead atoms. The lowest BCUT2D eigenvalue weighted by Gasteiger charge is -2.11. The molecule has 0 amide bonds. The van der Waals surface area contributed by atoms with Crippen LogP contribution in [0.3, 0.4) is 0 Å². The fourth-order valence-electron chi connectivity index (χ4n) is 1.31. The van der Waals surface area contributed by atoms with Gasteiger partial charge in [0.15, 0.2) is 0 Å². The number of nitrogens with zero attached hydrogens (tertiary/aromatic N) is 1. The van der Waals surface area contributed by atoms with Crippen LogP contribution < -0.4 is 0 Å². The molecule has 0 unspecified atom stereocenters. The lowest BCUT2D eigenvalue weighted by molar-refractivity contribution is -0.133. The molecule has 0 aromatic heterocycles. The maximum Gasteiger partial charge on any atom is 0.340 e. The topological polar surface area (TPSA) is 29.5 Å². The molecular weight excluding hydrogens is 245 g/mol. The molecule has 3 nitrogen and oxygen atoms in total. The Bertz CT molecular complexity index is 458. The first-order valence-corrected chi connectivity index (χ1v) is 5.25. The molecular formula is C12H13ClFNO2. The normalized spacial score (nSPS) is 11.2. The van der Waals surface area contributed by atoms with E-state index in [2.05, 4.69) is 4.74 Å². The minimum Gasteiger partial charge on any atom is -0.465 e. The zero-order chi connectivity index (χ0) is 13.0. The SMILES string of the molecule is COC(=O)C(=CN(C)C)c1ccc(F)cc1Cl. The van der Waals surface area contributed by atoms with Crippen molar-refractivity contribution >= 4 is 23.1 Å². The lowest BCUT2D eigenvalue weighted by atomic mass is 10.1. The van der Waals surface area contributed by atoms with E-state index >= 15 is 0 Å². The van der Waals surface area contributed by atoms with E-state index in [1.807, 2.05) is 0 Å². The van der Waals surface area contributed by atoms with Crippen LogP contribution in [0.5, 0.6) is 0 Å². The Kier molecular flexibility index (Phi) is 4.52. The largest absolute Gasteiger partial charge is 0.465 e. The highest BCUT2D eigenvalue weighted by Crippen LogP contribution is 2.25. The molecule has 0 heterocycles. The van der Waals surface area contributed by atoms with Crippen molar-refractivity contribution in [1.29, 1.82) is 0 Å². The molecule has 0 aliphatic heterocycles. The fraction of sp³-hybridized carbons (Fsp3) is 0.250. The highest BCUT2D eigenvalue weighted by atomic mass is 35.5. The molecule has 0 radical (unpaired) electrons. The number of rotatable bonds is 3. The molecule has 0 fully saturated rings. The van der Waals surface area contributed by atoms with Gasteiger partial charge in [0.2, 0.25) is 0 Å². The minimum atomic E-state index is -0.521. The Hall–Kier alpha value is -1.55. The summed E-state index contributed by atoms with van der Waals surface area (Å²) in [5.41, 5.74) is 0.719. The third-order valence-electron chi connectivity index (χ3n) is 2.01. The van der Waals surface area contributed by atoms with Gasteiger partial charge in [-0.25, -0.2) is 9.18 Å². The molecule has 1 aromatic carbocycles. The van der Waals surface area contributed by atoms with Crippen LogP contribution in [0.25, 0.3) is 5.57 Å². The van der Waals surface area contributed by atoms with Crippen LogP contribution in [0.1, 0.15) is 5.56 Å². The highest BCUT2D eigenvalue weighted by Gasteiger charge is 2.16. The number of benzene rings is 1. The quantitative estimate of drug-likeness (QED) is 0.616. The summed E-state index contributed by atoms with van der Waals surface area (Å²) in [5.74, 6) is -0.972. The van der Waals surface area contributed by atoms with Crippen molar-refractivity contribution in [3.8, 4) is 0 Å². The minimum absolute atomic E-state index is 0.170. The average molecular weight is 258 g/mol. The summed E-state index contributed by atoms with van der Waals surface area (Å²) < 4.78 is 17.6. The molecule has 1 aromatic rings. The smallest absolute Gasteiger partial charge is 0.340 e. The van der Waals surface area contributed by atoms with Gasteiger partial charge in [-0.05, 0) is 18.2 Å². The van der Waals surface area contributed by atoms with Crippen LogP contribution in [0.15, 0.2) is 24.4 Å². The van der Waals surface area contributed by atoms with Gasteiger partial charge in [-0.15, -0.1) is 0 Å². The summed E-state index contributed by atoms with van der Waals surface area (Å²) in [4.78, 5) is 13.3. The summed E-state index contributed by atoms with van der Waals surface area (Å²) in [6.45, 7) is 0. The zero-order valence-corrected chi connectivity index (χ0v) is 10.6. The van der Waals surface area contributed by atoms with Gasteiger partial charge < -0.3 is 9.64 Å². The number of esters is 1. The summed E-state index contributed by atoms with van der Waals surface area (Å²) >= 11 is 5.90. The van der Waals surface area contributed by atoms with Crippen LogP contribution in [0.4, 0.5) is 4.39 Å². The highest BCUT2D eigenvalue weighted by molar-refractivity contribution is 6.34. The molecule has 0 aliphatic rings. The van der Waals surface area contributed by atoms with Crippen LogP contribution in [0.2, 0.25) is 5.02 Å². The Morgan fingerprint density at radius 3 is 2.59 bits per heavy atom. The van der Waals surface area contributed by atoms with Crippen molar-refractivity contribution in [3.63, 3.8) is 0 Å². The summed E-state index contributed by atoms with van der Waals surface area (Å²) in [7, 11) is 4.81. The molecule has 1 rings (SSSR count). The monoisotopic (exact) mass is 257 g/mol. The number of halogens is 2. The number of methoxy groups -OCH3 is 1. The second kappa shape index (κ2) is 5.68. The lowest BCUT2D eigenvalue weighted by Crippen LogP contribution is -2.10. The molecule has 0 aliphatic carbocycles. The average Bonchev–Trinajstić information content (AvgIpc) is 2.25. The Labute approximate surface area is 104 Å².